The third-order valence-electron chi connectivity index (χ3n) is 4.26. The van der Waals surface area contributed by atoms with Crippen molar-refractivity contribution in [2.45, 2.75) is 13.0 Å². The number of ether oxygens (including phenoxy) is 2. The predicted octanol–water partition coefficient (Wildman–Crippen LogP) is 2.21. The fourth-order valence-electron chi connectivity index (χ4n) is 2.92. The van der Waals surface area contributed by atoms with Crippen molar-refractivity contribution in [2.24, 2.45) is 0 Å². The van der Waals surface area contributed by atoms with E-state index in [4.69, 9.17) is 9.47 Å². The number of methoxy groups -OCH3 is 2. The molecule has 1 saturated heterocycles. The van der Waals surface area contributed by atoms with E-state index >= 15 is 0 Å². The van der Waals surface area contributed by atoms with Crippen molar-refractivity contribution < 1.29 is 9.47 Å². The molecule has 6 nitrogen and oxygen atoms in total. The van der Waals surface area contributed by atoms with Gasteiger partial charge in [0.25, 0.3) is 0 Å². The van der Waals surface area contributed by atoms with Gasteiger partial charge < -0.3 is 14.4 Å². The van der Waals surface area contributed by atoms with Gasteiger partial charge in [0.2, 0.25) is 11.8 Å². The Bertz CT molecular complexity index is 648. The monoisotopic (exact) mass is 328 g/mol. The normalized spacial score (nSPS) is 15.8. The Balaban J connectivity index is 1.59. The van der Waals surface area contributed by atoms with Gasteiger partial charge in [0, 0.05) is 45.0 Å². The second kappa shape index (κ2) is 7.97. The molecule has 0 spiro atoms. The van der Waals surface area contributed by atoms with Gasteiger partial charge in [-0.3, -0.25) is 4.90 Å². The lowest BCUT2D eigenvalue weighted by molar-refractivity contribution is 0.285. The van der Waals surface area contributed by atoms with Crippen LogP contribution in [0.1, 0.15) is 12.0 Å². The van der Waals surface area contributed by atoms with Gasteiger partial charge in [0.1, 0.15) is 5.75 Å². The van der Waals surface area contributed by atoms with Crippen molar-refractivity contribution in [3.63, 3.8) is 0 Å². The molecule has 0 N–H and O–H groups in total. The molecule has 6 heteroatoms. The molecule has 1 fully saturated rings. The van der Waals surface area contributed by atoms with E-state index in [1.54, 1.807) is 26.5 Å². The van der Waals surface area contributed by atoms with Crippen molar-refractivity contribution in [2.75, 3.05) is 45.3 Å². The molecule has 0 radical (unpaired) electrons. The number of rotatable bonds is 5. The van der Waals surface area contributed by atoms with Crippen LogP contribution in [0.3, 0.4) is 0 Å². The van der Waals surface area contributed by atoms with Crippen LogP contribution in [0, 0.1) is 0 Å². The Labute approximate surface area is 143 Å². The van der Waals surface area contributed by atoms with Crippen molar-refractivity contribution in [3.8, 4) is 11.6 Å². The van der Waals surface area contributed by atoms with Crippen molar-refractivity contribution >= 4 is 5.95 Å². The Morgan fingerprint density at radius 3 is 2.54 bits per heavy atom. The standard InChI is InChI=1S/C18H24N4O2/c1-23-16-6-4-15(5-7-16)14-21-10-3-11-22(13-12-21)18-19-9-8-17(20-18)24-2/h4-9H,3,10-14H2,1-2H3. The molecule has 0 unspecified atom stereocenters. The topological polar surface area (TPSA) is 50.7 Å². The van der Waals surface area contributed by atoms with Crippen LogP contribution in [0.25, 0.3) is 0 Å². The van der Waals surface area contributed by atoms with E-state index in [1.807, 2.05) is 12.1 Å². The SMILES string of the molecule is COc1ccc(CN2CCCN(c3nccc(OC)n3)CC2)cc1. The molecule has 2 aromatic rings. The molecule has 128 valence electrons. The first kappa shape index (κ1) is 16.5. The Hall–Kier alpha value is -2.34. The van der Waals surface area contributed by atoms with Gasteiger partial charge >= 0.3 is 0 Å². The molecule has 0 amide bonds. The molecule has 1 aliphatic rings. The highest BCUT2D eigenvalue weighted by Gasteiger charge is 2.17. The van der Waals surface area contributed by atoms with Crippen LogP contribution < -0.4 is 14.4 Å². The Morgan fingerprint density at radius 2 is 1.79 bits per heavy atom. The summed E-state index contributed by atoms with van der Waals surface area (Å²) in [4.78, 5) is 13.5. The average Bonchev–Trinajstić information content (AvgIpc) is 2.88. The van der Waals surface area contributed by atoms with Crippen LogP contribution in [0.4, 0.5) is 5.95 Å². The second-order valence-electron chi connectivity index (χ2n) is 5.86. The molecule has 1 aromatic heterocycles. The molecule has 0 atom stereocenters. The summed E-state index contributed by atoms with van der Waals surface area (Å²) in [5.41, 5.74) is 1.31. The summed E-state index contributed by atoms with van der Waals surface area (Å²) in [6, 6.07) is 10.1. The van der Waals surface area contributed by atoms with Gasteiger partial charge in [-0.1, -0.05) is 12.1 Å². The Morgan fingerprint density at radius 1 is 0.958 bits per heavy atom. The molecule has 0 saturated carbocycles. The van der Waals surface area contributed by atoms with Gasteiger partial charge in [-0.15, -0.1) is 0 Å². The van der Waals surface area contributed by atoms with Gasteiger partial charge in [0.15, 0.2) is 0 Å². The van der Waals surface area contributed by atoms with Gasteiger partial charge in [-0.25, -0.2) is 4.98 Å². The van der Waals surface area contributed by atoms with Crippen LogP contribution in [0.2, 0.25) is 0 Å². The summed E-state index contributed by atoms with van der Waals surface area (Å²) >= 11 is 0. The van der Waals surface area contributed by atoms with E-state index in [1.165, 1.54) is 5.56 Å². The van der Waals surface area contributed by atoms with E-state index < -0.39 is 0 Å². The lowest BCUT2D eigenvalue weighted by atomic mass is 10.2. The van der Waals surface area contributed by atoms with E-state index in [0.29, 0.717) is 5.88 Å². The smallest absolute Gasteiger partial charge is 0.228 e. The third-order valence-corrected chi connectivity index (χ3v) is 4.26. The van der Waals surface area contributed by atoms with Crippen LogP contribution >= 0.6 is 0 Å². The van der Waals surface area contributed by atoms with E-state index in [-0.39, 0.29) is 0 Å². The minimum absolute atomic E-state index is 0.610. The lowest BCUT2D eigenvalue weighted by Gasteiger charge is -2.22. The number of nitrogens with zero attached hydrogens (tertiary/aromatic N) is 4. The molecule has 0 bridgehead atoms. The number of hydrogen-bond donors (Lipinski definition) is 0. The zero-order valence-corrected chi connectivity index (χ0v) is 14.3. The van der Waals surface area contributed by atoms with Gasteiger partial charge in [-0.05, 0) is 24.1 Å². The number of aromatic nitrogens is 2. The third kappa shape index (κ3) is 4.14. The van der Waals surface area contributed by atoms with Gasteiger partial charge in [0.05, 0.1) is 14.2 Å². The molecule has 24 heavy (non-hydrogen) atoms. The molecular weight excluding hydrogens is 304 g/mol. The first-order valence-corrected chi connectivity index (χ1v) is 8.26. The molecule has 2 heterocycles. The highest BCUT2D eigenvalue weighted by atomic mass is 16.5. The van der Waals surface area contributed by atoms with Gasteiger partial charge in [-0.2, -0.15) is 4.98 Å². The second-order valence-corrected chi connectivity index (χ2v) is 5.86. The predicted molar refractivity (Wildman–Crippen MR) is 93.7 cm³/mol. The van der Waals surface area contributed by atoms with E-state index in [9.17, 15) is 0 Å². The number of benzene rings is 1. The van der Waals surface area contributed by atoms with E-state index in [2.05, 4.69) is 31.9 Å². The average molecular weight is 328 g/mol. The largest absolute Gasteiger partial charge is 0.497 e. The zero-order chi connectivity index (χ0) is 16.8. The summed E-state index contributed by atoms with van der Waals surface area (Å²) < 4.78 is 10.4. The van der Waals surface area contributed by atoms with Crippen molar-refractivity contribution in [1.82, 2.24) is 14.9 Å². The highest BCUT2D eigenvalue weighted by Crippen LogP contribution is 2.17. The number of hydrogen-bond acceptors (Lipinski definition) is 6. The van der Waals surface area contributed by atoms with Crippen molar-refractivity contribution in [3.05, 3.63) is 42.1 Å². The minimum atomic E-state index is 0.610. The molecule has 1 aliphatic heterocycles. The maximum atomic E-state index is 5.22. The first-order valence-electron chi connectivity index (χ1n) is 8.26. The molecular formula is C18H24N4O2. The fourth-order valence-corrected chi connectivity index (χ4v) is 2.92. The van der Waals surface area contributed by atoms with Crippen LogP contribution in [-0.2, 0) is 6.54 Å². The van der Waals surface area contributed by atoms with Crippen LogP contribution in [-0.4, -0.2) is 55.3 Å². The maximum absolute atomic E-state index is 5.22. The Kier molecular flexibility index (Phi) is 5.48. The summed E-state index contributed by atoms with van der Waals surface area (Å²) in [6.45, 7) is 4.91. The minimum Gasteiger partial charge on any atom is -0.497 e. The van der Waals surface area contributed by atoms with E-state index in [0.717, 1.165) is 50.8 Å². The highest BCUT2D eigenvalue weighted by molar-refractivity contribution is 5.32. The first-order chi connectivity index (χ1) is 11.8. The molecule has 1 aromatic carbocycles. The zero-order valence-electron chi connectivity index (χ0n) is 14.3. The van der Waals surface area contributed by atoms with Crippen LogP contribution in [0.15, 0.2) is 36.5 Å². The molecule has 3 rings (SSSR count). The fraction of sp³-hybridized carbons (Fsp3) is 0.444. The quantitative estimate of drug-likeness (QED) is 0.839. The summed E-state index contributed by atoms with van der Waals surface area (Å²) in [5, 5.41) is 0. The van der Waals surface area contributed by atoms with Crippen LogP contribution in [0.5, 0.6) is 11.6 Å². The number of anilines is 1. The maximum Gasteiger partial charge on any atom is 0.228 e. The summed E-state index contributed by atoms with van der Waals surface area (Å²) in [7, 11) is 3.32. The lowest BCUT2D eigenvalue weighted by Crippen LogP contribution is -2.31. The summed E-state index contributed by atoms with van der Waals surface area (Å²) in [5.74, 6) is 2.26. The summed E-state index contributed by atoms with van der Waals surface area (Å²) in [6.07, 6.45) is 2.85. The molecule has 0 aliphatic carbocycles. The van der Waals surface area contributed by atoms with Crippen molar-refractivity contribution in [1.29, 1.82) is 0 Å².